The molecule has 2 rings (SSSR count). The molecular weight excluding hydrogens is 200 g/mol. The molecule has 0 saturated carbocycles. The normalized spacial score (nSPS) is 19.9. The van der Waals surface area contributed by atoms with E-state index in [1.807, 2.05) is 0 Å². The summed E-state index contributed by atoms with van der Waals surface area (Å²) in [5.41, 5.74) is -0.699. The summed E-state index contributed by atoms with van der Waals surface area (Å²) >= 11 is 0. The number of hydrogen-bond donors (Lipinski definition) is 1. The lowest BCUT2D eigenvalue weighted by Crippen LogP contribution is -2.05. The van der Waals surface area contributed by atoms with Gasteiger partial charge in [-0.1, -0.05) is 0 Å². The van der Waals surface area contributed by atoms with Crippen molar-refractivity contribution >= 4 is 0 Å². The van der Waals surface area contributed by atoms with Gasteiger partial charge in [-0.05, 0) is 18.4 Å². The Balaban J connectivity index is 2.77. The molecule has 0 radical (unpaired) electrons. The van der Waals surface area contributed by atoms with Gasteiger partial charge < -0.3 is 5.11 Å². The molecule has 1 unspecified atom stereocenters. The molecular formula is C9H6F4O. The van der Waals surface area contributed by atoms with Crippen molar-refractivity contribution in [3.8, 4) is 0 Å². The summed E-state index contributed by atoms with van der Waals surface area (Å²) in [4.78, 5) is 0. The minimum Gasteiger partial charge on any atom is -0.388 e. The number of benzene rings is 1. The van der Waals surface area contributed by atoms with Crippen LogP contribution in [0.15, 0.2) is 0 Å². The van der Waals surface area contributed by atoms with E-state index in [1.165, 1.54) is 0 Å². The molecule has 1 nitrogen and oxygen atoms in total. The molecule has 1 aliphatic rings. The molecule has 76 valence electrons. The monoisotopic (exact) mass is 206 g/mol. The van der Waals surface area contributed by atoms with E-state index in [-0.39, 0.29) is 18.4 Å². The maximum absolute atomic E-state index is 13.1. The number of fused-ring (bicyclic) bond motifs is 1. The largest absolute Gasteiger partial charge is 0.388 e. The highest BCUT2D eigenvalue weighted by atomic mass is 19.2. The first-order valence-corrected chi connectivity index (χ1v) is 4.06. The van der Waals surface area contributed by atoms with E-state index in [2.05, 4.69) is 0 Å². The van der Waals surface area contributed by atoms with Crippen molar-refractivity contribution in [3.05, 3.63) is 34.4 Å². The van der Waals surface area contributed by atoms with Gasteiger partial charge in [-0.3, -0.25) is 0 Å². The third-order valence-corrected chi connectivity index (χ3v) is 2.41. The average molecular weight is 206 g/mol. The Morgan fingerprint density at radius 1 is 0.929 bits per heavy atom. The van der Waals surface area contributed by atoms with Crippen molar-refractivity contribution in [2.45, 2.75) is 18.9 Å². The zero-order valence-corrected chi connectivity index (χ0v) is 6.95. The second-order valence-electron chi connectivity index (χ2n) is 3.20. The highest BCUT2D eigenvalue weighted by Gasteiger charge is 2.32. The zero-order chi connectivity index (χ0) is 10.5. The van der Waals surface area contributed by atoms with Crippen molar-refractivity contribution in [3.63, 3.8) is 0 Å². The Bertz CT molecular complexity index is 403. The molecule has 1 N–H and O–H groups in total. The first-order chi connectivity index (χ1) is 6.54. The van der Waals surface area contributed by atoms with E-state index < -0.39 is 34.9 Å². The van der Waals surface area contributed by atoms with Crippen LogP contribution in [0.3, 0.4) is 0 Å². The second kappa shape index (κ2) is 2.95. The lowest BCUT2D eigenvalue weighted by Gasteiger charge is -2.07. The highest BCUT2D eigenvalue weighted by molar-refractivity contribution is 5.37. The van der Waals surface area contributed by atoms with Gasteiger partial charge in [-0.15, -0.1) is 0 Å². The Kier molecular flexibility index (Phi) is 1.99. The van der Waals surface area contributed by atoms with Gasteiger partial charge in [0.2, 0.25) is 0 Å². The van der Waals surface area contributed by atoms with Crippen LogP contribution in [0, 0.1) is 23.3 Å². The van der Waals surface area contributed by atoms with Crippen molar-refractivity contribution in [2.75, 3.05) is 0 Å². The molecule has 14 heavy (non-hydrogen) atoms. The van der Waals surface area contributed by atoms with Crippen LogP contribution >= 0.6 is 0 Å². The van der Waals surface area contributed by atoms with Crippen LogP contribution in [-0.2, 0) is 6.42 Å². The van der Waals surface area contributed by atoms with Crippen molar-refractivity contribution in [1.82, 2.24) is 0 Å². The first kappa shape index (κ1) is 9.45. The number of rotatable bonds is 0. The standard InChI is InChI=1S/C9H6F4O/c10-6-3-1-2-4(14)5(3)7(11)9(13)8(6)12/h4,14H,1-2H2. The topological polar surface area (TPSA) is 20.2 Å². The van der Waals surface area contributed by atoms with E-state index in [0.717, 1.165) is 0 Å². The van der Waals surface area contributed by atoms with Gasteiger partial charge in [0.15, 0.2) is 23.3 Å². The van der Waals surface area contributed by atoms with Crippen LogP contribution in [0.5, 0.6) is 0 Å². The summed E-state index contributed by atoms with van der Waals surface area (Å²) in [6, 6.07) is 0. The van der Waals surface area contributed by atoms with Gasteiger partial charge >= 0.3 is 0 Å². The molecule has 0 spiro atoms. The summed E-state index contributed by atoms with van der Waals surface area (Å²) in [6.45, 7) is 0. The molecule has 1 atom stereocenters. The fraction of sp³-hybridized carbons (Fsp3) is 0.333. The molecule has 1 aromatic carbocycles. The molecule has 0 aromatic heterocycles. The lowest BCUT2D eigenvalue weighted by molar-refractivity contribution is 0.174. The fourth-order valence-corrected chi connectivity index (χ4v) is 1.71. The number of aliphatic hydroxyl groups is 1. The van der Waals surface area contributed by atoms with Crippen LogP contribution < -0.4 is 0 Å². The third-order valence-electron chi connectivity index (χ3n) is 2.41. The SMILES string of the molecule is OC1CCc2c(F)c(F)c(F)c(F)c21. The molecule has 0 amide bonds. The molecule has 0 heterocycles. The maximum atomic E-state index is 13.1. The van der Waals surface area contributed by atoms with Crippen LogP contribution in [0.2, 0.25) is 0 Å². The van der Waals surface area contributed by atoms with Gasteiger partial charge in [-0.2, -0.15) is 0 Å². The van der Waals surface area contributed by atoms with Gasteiger partial charge in [0.1, 0.15) is 0 Å². The Morgan fingerprint density at radius 2 is 1.50 bits per heavy atom. The number of hydrogen-bond acceptors (Lipinski definition) is 1. The molecule has 0 saturated heterocycles. The summed E-state index contributed by atoms with van der Waals surface area (Å²) < 4.78 is 51.5. The minimum atomic E-state index is -1.86. The van der Waals surface area contributed by atoms with E-state index >= 15 is 0 Å². The molecule has 1 aliphatic carbocycles. The minimum absolute atomic E-state index is 0.0243. The molecule has 0 fully saturated rings. The predicted octanol–water partition coefficient (Wildman–Crippen LogP) is 2.22. The van der Waals surface area contributed by atoms with E-state index in [0.29, 0.717) is 0 Å². The third kappa shape index (κ3) is 1.05. The fourth-order valence-electron chi connectivity index (χ4n) is 1.71. The van der Waals surface area contributed by atoms with Gasteiger partial charge in [0.05, 0.1) is 6.10 Å². The predicted molar refractivity (Wildman–Crippen MR) is 39.6 cm³/mol. The highest BCUT2D eigenvalue weighted by Crippen LogP contribution is 2.36. The summed E-state index contributed by atoms with van der Waals surface area (Å²) in [5.74, 6) is -6.54. The average Bonchev–Trinajstić information content (AvgIpc) is 2.54. The van der Waals surface area contributed by atoms with Crippen LogP contribution in [0.25, 0.3) is 0 Å². The summed E-state index contributed by atoms with van der Waals surface area (Å²) in [6.07, 6.45) is -1.13. The van der Waals surface area contributed by atoms with Crippen LogP contribution in [-0.4, -0.2) is 5.11 Å². The van der Waals surface area contributed by atoms with E-state index in [9.17, 15) is 22.7 Å². The summed E-state index contributed by atoms with van der Waals surface area (Å²) in [5, 5.41) is 9.21. The number of halogens is 4. The van der Waals surface area contributed by atoms with Crippen LogP contribution in [0.4, 0.5) is 17.6 Å². The summed E-state index contributed by atoms with van der Waals surface area (Å²) in [7, 11) is 0. The smallest absolute Gasteiger partial charge is 0.197 e. The number of aliphatic hydroxyl groups excluding tert-OH is 1. The Morgan fingerprint density at radius 3 is 2.14 bits per heavy atom. The zero-order valence-electron chi connectivity index (χ0n) is 6.95. The van der Waals surface area contributed by atoms with Crippen molar-refractivity contribution in [1.29, 1.82) is 0 Å². The lowest BCUT2D eigenvalue weighted by atomic mass is 10.1. The van der Waals surface area contributed by atoms with E-state index in [4.69, 9.17) is 0 Å². The van der Waals surface area contributed by atoms with Crippen LogP contribution in [0.1, 0.15) is 23.7 Å². The Hall–Kier alpha value is -1.10. The van der Waals surface area contributed by atoms with Gasteiger partial charge in [0.25, 0.3) is 0 Å². The molecule has 0 bridgehead atoms. The first-order valence-electron chi connectivity index (χ1n) is 4.06. The van der Waals surface area contributed by atoms with Crippen molar-refractivity contribution in [2.24, 2.45) is 0 Å². The Labute approximate surface area is 77.0 Å². The molecule has 1 aromatic rings. The quantitative estimate of drug-likeness (QED) is 0.392. The maximum Gasteiger partial charge on any atom is 0.197 e. The van der Waals surface area contributed by atoms with Crippen molar-refractivity contribution < 1.29 is 22.7 Å². The molecule has 5 heteroatoms. The van der Waals surface area contributed by atoms with E-state index in [1.54, 1.807) is 0 Å². The second-order valence-corrected chi connectivity index (χ2v) is 3.20. The molecule has 0 aliphatic heterocycles. The van der Waals surface area contributed by atoms with Gasteiger partial charge in [0, 0.05) is 5.56 Å². The van der Waals surface area contributed by atoms with Gasteiger partial charge in [-0.25, -0.2) is 17.6 Å².